The largest absolute Gasteiger partial charge is 0.326 e. The van der Waals surface area contributed by atoms with E-state index in [9.17, 15) is 14.0 Å². The summed E-state index contributed by atoms with van der Waals surface area (Å²) in [5, 5.41) is 8.62. The lowest BCUT2D eigenvalue weighted by Crippen LogP contribution is -2.21. The number of hydrogen-bond donors (Lipinski definition) is 2. The minimum absolute atomic E-state index is 0.00930. The van der Waals surface area contributed by atoms with Gasteiger partial charge in [-0.15, -0.1) is 0 Å². The van der Waals surface area contributed by atoms with Gasteiger partial charge in [0.15, 0.2) is 0 Å². The van der Waals surface area contributed by atoms with E-state index in [2.05, 4.69) is 15.8 Å². The number of nitrogens with zero attached hydrogens (tertiary/aromatic N) is 1. The first-order valence-electron chi connectivity index (χ1n) is 8.39. The Morgan fingerprint density at radius 1 is 0.963 bits per heavy atom. The molecule has 2 amide bonds. The summed E-state index contributed by atoms with van der Waals surface area (Å²) >= 11 is 0. The first-order valence-corrected chi connectivity index (χ1v) is 8.39. The summed E-state index contributed by atoms with van der Waals surface area (Å²) < 4.78 is 12.9. The highest BCUT2D eigenvalue weighted by atomic mass is 19.1. The molecule has 0 saturated carbocycles. The molecule has 0 saturated heterocycles. The van der Waals surface area contributed by atoms with Crippen molar-refractivity contribution in [3.8, 4) is 0 Å². The second-order valence-corrected chi connectivity index (χ2v) is 6.08. The molecule has 0 aliphatic carbocycles. The van der Waals surface area contributed by atoms with Crippen LogP contribution in [0, 0.1) is 5.82 Å². The smallest absolute Gasteiger partial charge is 0.271 e. The average molecular weight is 363 g/mol. The molecule has 0 bridgehead atoms. The molecule has 3 aromatic carbocycles. The third kappa shape index (κ3) is 4.98. The zero-order chi connectivity index (χ0) is 19.2. The van der Waals surface area contributed by atoms with E-state index >= 15 is 0 Å². The Bertz CT molecular complexity index is 1010. The summed E-state index contributed by atoms with van der Waals surface area (Å²) in [6.45, 7) is 1.64. The number of amides is 2. The van der Waals surface area contributed by atoms with Crippen molar-refractivity contribution in [3.63, 3.8) is 0 Å². The predicted octanol–water partition coefficient (Wildman–Crippen LogP) is 4.11. The monoisotopic (exact) mass is 363 g/mol. The number of rotatable bonds is 5. The van der Waals surface area contributed by atoms with Gasteiger partial charge in [0.2, 0.25) is 5.91 Å². The van der Waals surface area contributed by atoms with Crippen LogP contribution in [-0.4, -0.2) is 17.5 Å². The zero-order valence-corrected chi connectivity index (χ0v) is 14.7. The Hall–Kier alpha value is -3.54. The summed E-state index contributed by atoms with van der Waals surface area (Å²) in [4.78, 5) is 24.2. The number of fused-ring (bicyclic) bond motifs is 1. The molecular formula is C21H18FN3O2. The fourth-order valence-corrected chi connectivity index (χ4v) is 2.55. The molecular weight excluding hydrogens is 345 g/mol. The van der Waals surface area contributed by atoms with Gasteiger partial charge in [-0.25, -0.2) is 9.82 Å². The first kappa shape index (κ1) is 18.3. The highest BCUT2D eigenvalue weighted by Crippen LogP contribution is 2.15. The second kappa shape index (κ2) is 8.23. The van der Waals surface area contributed by atoms with Gasteiger partial charge in [0, 0.05) is 17.0 Å². The van der Waals surface area contributed by atoms with Gasteiger partial charge in [0.05, 0.1) is 6.42 Å². The Morgan fingerprint density at radius 3 is 2.41 bits per heavy atom. The number of hydrazone groups is 1. The summed E-state index contributed by atoms with van der Waals surface area (Å²) in [5.74, 6) is -1.02. The quantitative estimate of drug-likeness (QED) is 0.529. The minimum Gasteiger partial charge on any atom is -0.326 e. The van der Waals surface area contributed by atoms with Crippen LogP contribution in [0.25, 0.3) is 10.8 Å². The van der Waals surface area contributed by atoms with Crippen LogP contribution >= 0.6 is 0 Å². The molecule has 0 unspecified atom stereocenters. The molecule has 0 heterocycles. The van der Waals surface area contributed by atoms with Gasteiger partial charge in [-0.05, 0) is 54.1 Å². The molecule has 0 aromatic heterocycles. The molecule has 27 heavy (non-hydrogen) atoms. The van der Waals surface area contributed by atoms with E-state index in [0.29, 0.717) is 17.0 Å². The van der Waals surface area contributed by atoms with Crippen molar-refractivity contribution in [2.24, 2.45) is 5.10 Å². The standard InChI is InChI=1S/C21H18FN3O2/c1-14(12-20(26)23-19-10-8-18(22)9-11-19)24-25-21(27)17-7-6-15-4-2-3-5-16(15)13-17/h2-11,13H,12H2,1H3,(H,23,26)(H,25,27). The number of anilines is 1. The van der Waals surface area contributed by atoms with Crippen molar-refractivity contribution in [3.05, 3.63) is 78.1 Å². The SMILES string of the molecule is CC(CC(=O)Nc1ccc(F)cc1)=NNC(=O)c1ccc2ccccc2c1. The number of benzene rings is 3. The van der Waals surface area contributed by atoms with Gasteiger partial charge >= 0.3 is 0 Å². The maximum absolute atomic E-state index is 12.9. The van der Waals surface area contributed by atoms with E-state index in [0.717, 1.165) is 10.8 Å². The summed E-state index contributed by atoms with van der Waals surface area (Å²) in [5.41, 5.74) is 3.89. The lowest BCUT2D eigenvalue weighted by molar-refractivity contribution is -0.115. The average Bonchev–Trinajstić information content (AvgIpc) is 2.67. The number of carbonyl (C=O) groups is 2. The van der Waals surface area contributed by atoms with Crippen molar-refractivity contribution in [2.75, 3.05) is 5.32 Å². The van der Waals surface area contributed by atoms with E-state index < -0.39 is 0 Å². The molecule has 0 aliphatic heterocycles. The molecule has 0 spiro atoms. The van der Waals surface area contributed by atoms with Crippen molar-refractivity contribution < 1.29 is 14.0 Å². The lowest BCUT2D eigenvalue weighted by Gasteiger charge is -2.06. The highest BCUT2D eigenvalue weighted by Gasteiger charge is 2.08. The van der Waals surface area contributed by atoms with Crippen LogP contribution in [0.1, 0.15) is 23.7 Å². The van der Waals surface area contributed by atoms with E-state index in [-0.39, 0.29) is 24.1 Å². The molecule has 0 aliphatic rings. The van der Waals surface area contributed by atoms with E-state index in [4.69, 9.17) is 0 Å². The Labute approximate surface area is 155 Å². The van der Waals surface area contributed by atoms with E-state index in [1.165, 1.54) is 24.3 Å². The summed E-state index contributed by atoms with van der Waals surface area (Å²) in [6, 6.07) is 18.6. The Balaban J connectivity index is 1.57. The van der Waals surface area contributed by atoms with Gasteiger partial charge in [0.25, 0.3) is 5.91 Å². The molecule has 5 nitrogen and oxygen atoms in total. The summed E-state index contributed by atoms with van der Waals surface area (Å²) in [6.07, 6.45) is 0.00930. The van der Waals surface area contributed by atoms with Crippen LogP contribution in [0.3, 0.4) is 0 Å². The second-order valence-electron chi connectivity index (χ2n) is 6.08. The number of halogens is 1. The van der Waals surface area contributed by atoms with Crippen LogP contribution in [0.5, 0.6) is 0 Å². The van der Waals surface area contributed by atoms with Crippen molar-refractivity contribution in [2.45, 2.75) is 13.3 Å². The number of hydrogen-bond acceptors (Lipinski definition) is 3. The van der Waals surface area contributed by atoms with Crippen molar-refractivity contribution in [1.82, 2.24) is 5.43 Å². The fourth-order valence-electron chi connectivity index (χ4n) is 2.55. The number of nitrogens with one attached hydrogen (secondary N) is 2. The van der Waals surface area contributed by atoms with Crippen LogP contribution in [0.4, 0.5) is 10.1 Å². The Kier molecular flexibility index (Phi) is 5.56. The number of carbonyl (C=O) groups excluding carboxylic acids is 2. The van der Waals surface area contributed by atoms with Gasteiger partial charge in [-0.2, -0.15) is 5.10 Å². The summed E-state index contributed by atoms with van der Waals surface area (Å²) in [7, 11) is 0. The van der Waals surface area contributed by atoms with Gasteiger partial charge in [-0.1, -0.05) is 30.3 Å². The minimum atomic E-state index is -0.373. The van der Waals surface area contributed by atoms with Gasteiger partial charge < -0.3 is 5.32 Å². The van der Waals surface area contributed by atoms with Crippen LogP contribution in [0.2, 0.25) is 0 Å². The normalized spacial score (nSPS) is 11.3. The van der Waals surface area contributed by atoms with Crippen LogP contribution < -0.4 is 10.7 Å². The molecule has 6 heteroatoms. The van der Waals surface area contributed by atoms with E-state index in [1.54, 1.807) is 19.1 Å². The predicted molar refractivity (Wildman–Crippen MR) is 104 cm³/mol. The van der Waals surface area contributed by atoms with Gasteiger partial charge in [-0.3, -0.25) is 9.59 Å². The topological polar surface area (TPSA) is 70.6 Å². The van der Waals surface area contributed by atoms with E-state index in [1.807, 2.05) is 30.3 Å². The van der Waals surface area contributed by atoms with Crippen molar-refractivity contribution in [1.29, 1.82) is 0 Å². The maximum atomic E-state index is 12.9. The molecule has 3 aromatic rings. The fraction of sp³-hybridized carbons (Fsp3) is 0.0952. The Morgan fingerprint density at radius 2 is 1.67 bits per heavy atom. The highest BCUT2D eigenvalue weighted by molar-refractivity contribution is 6.06. The van der Waals surface area contributed by atoms with Gasteiger partial charge in [0.1, 0.15) is 5.82 Å². The molecule has 0 atom stereocenters. The zero-order valence-electron chi connectivity index (χ0n) is 14.7. The molecule has 0 fully saturated rings. The van der Waals surface area contributed by atoms with Crippen LogP contribution in [-0.2, 0) is 4.79 Å². The molecule has 3 rings (SSSR count). The maximum Gasteiger partial charge on any atom is 0.271 e. The van der Waals surface area contributed by atoms with Crippen LogP contribution in [0.15, 0.2) is 71.8 Å². The molecule has 2 N–H and O–H groups in total. The third-order valence-electron chi connectivity index (χ3n) is 3.90. The molecule has 136 valence electrons. The van der Waals surface area contributed by atoms with Crippen molar-refractivity contribution >= 4 is 34.0 Å². The molecule has 0 radical (unpaired) electrons. The third-order valence-corrected chi connectivity index (χ3v) is 3.90. The first-order chi connectivity index (χ1) is 13.0. The lowest BCUT2D eigenvalue weighted by atomic mass is 10.1.